The van der Waals surface area contributed by atoms with Gasteiger partial charge in [0.25, 0.3) is 0 Å². The van der Waals surface area contributed by atoms with E-state index < -0.39 is 0 Å². The van der Waals surface area contributed by atoms with Crippen LogP contribution in [0.15, 0.2) is 0 Å². The van der Waals surface area contributed by atoms with Gasteiger partial charge in [-0.3, -0.25) is 0 Å². The SMILES string of the molecule is CCCNC1CSCC1CC1CCCCC1. The second kappa shape index (κ2) is 6.90. The third-order valence-electron chi connectivity index (χ3n) is 4.22. The molecule has 1 N–H and O–H groups in total. The van der Waals surface area contributed by atoms with Crippen molar-refractivity contribution in [2.24, 2.45) is 11.8 Å². The van der Waals surface area contributed by atoms with E-state index in [4.69, 9.17) is 0 Å². The zero-order valence-corrected chi connectivity index (χ0v) is 11.5. The van der Waals surface area contributed by atoms with Crippen molar-refractivity contribution < 1.29 is 0 Å². The number of thioether (sulfide) groups is 1. The zero-order valence-electron chi connectivity index (χ0n) is 10.7. The molecule has 2 rings (SSSR count). The van der Waals surface area contributed by atoms with E-state index in [1.54, 1.807) is 0 Å². The lowest BCUT2D eigenvalue weighted by atomic mass is 9.81. The number of rotatable bonds is 5. The van der Waals surface area contributed by atoms with Gasteiger partial charge in [0.1, 0.15) is 0 Å². The summed E-state index contributed by atoms with van der Waals surface area (Å²) in [6, 6.07) is 0.826. The molecule has 16 heavy (non-hydrogen) atoms. The summed E-state index contributed by atoms with van der Waals surface area (Å²) in [5.74, 6) is 4.80. The van der Waals surface area contributed by atoms with Crippen molar-refractivity contribution in [3.8, 4) is 0 Å². The third kappa shape index (κ3) is 3.66. The van der Waals surface area contributed by atoms with Gasteiger partial charge in [0.15, 0.2) is 0 Å². The Labute approximate surface area is 105 Å². The van der Waals surface area contributed by atoms with E-state index in [1.807, 2.05) is 0 Å². The minimum absolute atomic E-state index is 0.826. The fourth-order valence-electron chi connectivity index (χ4n) is 3.24. The van der Waals surface area contributed by atoms with Crippen molar-refractivity contribution in [1.82, 2.24) is 5.32 Å². The average Bonchev–Trinajstić information content (AvgIpc) is 2.75. The van der Waals surface area contributed by atoms with Crippen molar-refractivity contribution in [1.29, 1.82) is 0 Å². The second-order valence-electron chi connectivity index (χ2n) is 5.60. The molecule has 2 atom stereocenters. The van der Waals surface area contributed by atoms with Gasteiger partial charge in [-0.05, 0) is 37.0 Å². The van der Waals surface area contributed by atoms with Crippen LogP contribution in [0.4, 0.5) is 0 Å². The van der Waals surface area contributed by atoms with Gasteiger partial charge in [0, 0.05) is 11.8 Å². The molecule has 1 saturated carbocycles. The van der Waals surface area contributed by atoms with Gasteiger partial charge in [0.2, 0.25) is 0 Å². The molecule has 94 valence electrons. The monoisotopic (exact) mass is 241 g/mol. The maximum absolute atomic E-state index is 3.75. The molecule has 0 aromatic carbocycles. The molecule has 0 spiro atoms. The predicted octanol–water partition coefficient (Wildman–Crippen LogP) is 3.69. The van der Waals surface area contributed by atoms with E-state index in [0.717, 1.165) is 17.9 Å². The van der Waals surface area contributed by atoms with Crippen LogP contribution in [0.25, 0.3) is 0 Å². The first kappa shape index (κ1) is 12.8. The van der Waals surface area contributed by atoms with Crippen LogP contribution < -0.4 is 5.32 Å². The molecule has 0 aromatic rings. The molecular formula is C14H27NS. The van der Waals surface area contributed by atoms with Crippen molar-refractivity contribution in [3.05, 3.63) is 0 Å². The van der Waals surface area contributed by atoms with Crippen molar-refractivity contribution in [3.63, 3.8) is 0 Å². The molecule has 1 heterocycles. The van der Waals surface area contributed by atoms with Gasteiger partial charge in [-0.25, -0.2) is 0 Å². The summed E-state index contributed by atoms with van der Waals surface area (Å²) in [5, 5.41) is 3.75. The zero-order chi connectivity index (χ0) is 11.2. The number of hydrogen-bond donors (Lipinski definition) is 1. The lowest BCUT2D eigenvalue weighted by Gasteiger charge is -2.27. The quantitative estimate of drug-likeness (QED) is 0.788. The summed E-state index contributed by atoms with van der Waals surface area (Å²) in [7, 11) is 0. The molecule has 2 aliphatic rings. The molecule has 2 unspecified atom stereocenters. The molecule has 1 nitrogen and oxygen atoms in total. The first-order chi connectivity index (χ1) is 7.90. The number of nitrogens with one attached hydrogen (secondary N) is 1. The fraction of sp³-hybridized carbons (Fsp3) is 1.00. The predicted molar refractivity (Wildman–Crippen MR) is 74.1 cm³/mol. The summed E-state index contributed by atoms with van der Waals surface area (Å²) in [4.78, 5) is 0. The third-order valence-corrected chi connectivity index (χ3v) is 5.47. The highest BCUT2D eigenvalue weighted by molar-refractivity contribution is 7.99. The Morgan fingerprint density at radius 1 is 1.12 bits per heavy atom. The Kier molecular flexibility index (Phi) is 5.51. The Hall–Kier alpha value is 0.310. The first-order valence-electron chi connectivity index (χ1n) is 7.21. The van der Waals surface area contributed by atoms with Gasteiger partial charge in [-0.1, -0.05) is 39.0 Å². The van der Waals surface area contributed by atoms with Gasteiger partial charge in [0.05, 0.1) is 0 Å². The Morgan fingerprint density at radius 2 is 1.94 bits per heavy atom. The van der Waals surface area contributed by atoms with Gasteiger partial charge >= 0.3 is 0 Å². The molecule has 2 heteroatoms. The van der Waals surface area contributed by atoms with Crippen LogP contribution in [-0.2, 0) is 0 Å². The second-order valence-corrected chi connectivity index (χ2v) is 6.67. The maximum Gasteiger partial charge on any atom is 0.0194 e. The Balaban J connectivity index is 1.73. The van der Waals surface area contributed by atoms with Crippen molar-refractivity contribution in [2.75, 3.05) is 18.1 Å². The first-order valence-corrected chi connectivity index (χ1v) is 8.36. The van der Waals surface area contributed by atoms with E-state index in [2.05, 4.69) is 24.0 Å². The summed E-state index contributed by atoms with van der Waals surface area (Å²) in [5.41, 5.74) is 0. The molecule has 0 amide bonds. The van der Waals surface area contributed by atoms with E-state index in [0.29, 0.717) is 0 Å². The van der Waals surface area contributed by atoms with Gasteiger partial charge in [-0.15, -0.1) is 0 Å². The summed E-state index contributed by atoms with van der Waals surface area (Å²) < 4.78 is 0. The Morgan fingerprint density at radius 3 is 2.69 bits per heavy atom. The smallest absolute Gasteiger partial charge is 0.0194 e. The summed E-state index contributed by atoms with van der Waals surface area (Å²) >= 11 is 2.17. The van der Waals surface area contributed by atoms with Crippen LogP contribution in [0.3, 0.4) is 0 Å². The van der Waals surface area contributed by atoms with Gasteiger partial charge < -0.3 is 5.32 Å². The maximum atomic E-state index is 3.75. The molecule has 0 aromatic heterocycles. The van der Waals surface area contributed by atoms with Crippen molar-refractivity contribution >= 4 is 11.8 Å². The highest BCUT2D eigenvalue weighted by Gasteiger charge is 2.29. The molecule has 0 radical (unpaired) electrons. The summed E-state index contributed by atoms with van der Waals surface area (Å²) in [6.07, 6.45) is 10.3. The minimum atomic E-state index is 0.826. The van der Waals surface area contributed by atoms with E-state index >= 15 is 0 Å². The van der Waals surface area contributed by atoms with E-state index in [9.17, 15) is 0 Å². The highest BCUT2D eigenvalue weighted by Crippen LogP contribution is 2.35. The molecule has 2 fully saturated rings. The molecule has 1 aliphatic heterocycles. The van der Waals surface area contributed by atoms with Crippen LogP contribution in [0.5, 0.6) is 0 Å². The molecule has 1 saturated heterocycles. The lowest BCUT2D eigenvalue weighted by molar-refractivity contribution is 0.274. The van der Waals surface area contributed by atoms with Crippen LogP contribution in [0.2, 0.25) is 0 Å². The topological polar surface area (TPSA) is 12.0 Å². The standard InChI is InChI=1S/C14H27NS/c1-2-8-15-14-11-16-10-13(14)9-12-6-4-3-5-7-12/h12-15H,2-11H2,1H3. The summed E-state index contributed by atoms with van der Waals surface area (Å²) in [6.45, 7) is 3.48. The van der Waals surface area contributed by atoms with Crippen molar-refractivity contribution in [2.45, 2.75) is 57.9 Å². The largest absolute Gasteiger partial charge is 0.313 e. The van der Waals surface area contributed by atoms with Crippen LogP contribution in [-0.4, -0.2) is 24.1 Å². The molecular weight excluding hydrogens is 214 g/mol. The van der Waals surface area contributed by atoms with Gasteiger partial charge in [-0.2, -0.15) is 11.8 Å². The van der Waals surface area contributed by atoms with E-state index in [1.165, 1.54) is 63.0 Å². The average molecular weight is 241 g/mol. The molecule has 1 aliphatic carbocycles. The Bertz CT molecular complexity index is 189. The minimum Gasteiger partial charge on any atom is -0.313 e. The number of hydrogen-bond acceptors (Lipinski definition) is 2. The van der Waals surface area contributed by atoms with Crippen LogP contribution in [0, 0.1) is 11.8 Å². The fourth-order valence-corrected chi connectivity index (χ4v) is 4.69. The highest BCUT2D eigenvalue weighted by atomic mass is 32.2. The lowest BCUT2D eigenvalue weighted by Crippen LogP contribution is -2.36. The van der Waals surface area contributed by atoms with E-state index in [-0.39, 0.29) is 0 Å². The van der Waals surface area contributed by atoms with Crippen LogP contribution in [0.1, 0.15) is 51.9 Å². The molecule has 0 bridgehead atoms. The van der Waals surface area contributed by atoms with Crippen LogP contribution >= 0.6 is 11.8 Å². The normalized spacial score (nSPS) is 32.1.